The molecule has 12 heavy (non-hydrogen) atoms. The Kier molecular flexibility index (Phi) is 1.58. The average molecular weight is 181 g/mol. The molecule has 0 unspecified atom stereocenters. The molecule has 62 valence electrons. The Labute approximate surface area is 73.0 Å². The third-order valence-electron chi connectivity index (χ3n) is 1.42. The van der Waals surface area contributed by atoms with Crippen LogP contribution in [0.25, 0.3) is 11.5 Å². The van der Waals surface area contributed by atoms with E-state index >= 15 is 0 Å². The predicted molar refractivity (Wildman–Crippen MR) is 46.8 cm³/mol. The summed E-state index contributed by atoms with van der Waals surface area (Å²) in [6, 6.07) is 1.98. The van der Waals surface area contributed by atoms with Crippen molar-refractivity contribution in [3.05, 3.63) is 16.3 Å². The molecule has 0 fully saturated rings. The molecule has 2 aromatic rings. The first-order valence-corrected chi connectivity index (χ1v) is 4.28. The Morgan fingerprint density at radius 3 is 2.92 bits per heavy atom. The number of anilines is 1. The van der Waals surface area contributed by atoms with Gasteiger partial charge in [-0.15, -0.1) is 11.3 Å². The predicted octanol–water partition coefficient (Wildman–Crippen LogP) is 1.69. The van der Waals surface area contributed by atoms with Gasteiger partial charge in [-0.25, -0.2) is 0 Å². The number of hydrogen-bond donors (Lipinski definition) is 1. The number of aryl methyl sites for hydroxylation is 1. The molecule has 2 heterocycles. The first-order chi connectivity index (χ1) is 5.75. The summed E-state index contributed by atoms with van der Waals surface area (Å²) in [7, 11) is 0. The maximum atomic E-state index is 5.31. The Morgan fingerprint density at radius 1 is 1.58 bits per heavy atom. The van der Waals surface area contributed by atoms with E-state index in [1.165, 1.54) is 4.88 Å². The van der Waals surface area contributed by atoms with Gasteiger partial charge in [-0.05, 0) is 18.1 Å². The highest BCUT2D eigenvalue weighted by atomic mass is 32.1. The monoisotopic (exact) mass is 181 g/mol. The fourth-order valence-electron chi connectivity index (χ4n) is 0.908. The van der Waals surface area contributed by atoms with Gasteiger partial charge >= 0.3 is 0 Å². The molecule has 0 atom stereocenters. The van der Waals surface area contributed by atoms with Gasteiger partial charge in [0.15, 0.2) is 0 Å². The van der Waals surface area contributed by atoms with Gasteiger partial charge in [0.2, 0.25) is 0 Å². The van der Waals surface area contributed by atoms with Crippen LogP contribution in [0, 0.1) is 6.92 Å². The number of nitrogens with two attached hydrogens (primary N) is 1. The maximum Gasteiger partial charge on any atom is 0.261 e. The van der Waals surface area contributed by atoms with E-state index in [1.54, 1.807) is 11.3 Å². The van der Waals surface area contributed by atoms with E-state index < -0.39 is 0 Å². The van der Waals surface area contributed by atoms with Gasteiger partial charge < -0.3 is 10.3 Å². The molecule has 0 saturated heterocycles. The number of thiophene rings is 1. The van der Waals surface area contributed by atoms with Crippen molar-refractivity contribution in [3.8, 4) is 11.5 Å². The topological polar surface area (TPSA) is 64.9 Å². The second-order valence-corrected chi connectivity index (χ2v) is 3.52. The quantitative estimate of drug-likeness (QED) is 0.727. The lowest BCUT2D eigenvalue weighted by molar-refractivity contribution is 0.433. The van der Waals surface area contributed by atoms with Crippen LogP contribution in [0.15, 0.2) is 16.0 Å². The minimum absolute atomic E-state index is 0.175. The van der Waals surface area contributed by atoms with Crippen LogP contribution >= 0.6 is 11.3 Å². The molecule has 2 aromatic heterocycles. The summed E-state index contributed by atoms with van der Waals surface area (Å²) in [5.74, 6) is 0.658. The second kappa shape index (κ2) is 2.60. The fourth-order valence-corrected chi connectivity index (χ4v) is 1.58. The normalized spacial score (nSPS) is 10.4. The van der Waals surface area contributed by atoms with Crippen molar-refractivity contribution in [2.75, 3.05) is 5.73 Å². The van der Waals surface area contributed by atoms with Crippen LogP contribution in [-0.2, 0) is 0 Å². The SMILES string of the molecule is Cc1cc(-c2nc(N)no2)cs1. The summed E-state index contributed by atoms with van der Waals surface area (Å²) < 4.78 is 4.88. The van der Waals surface area contributed by atoms with E-state index in [1.807, 2.05) is 18.4 Å². The summed E-state index contributed by atoms with van der Waals surface area (Å²) in [6.07, 6.45) is 0. The minimum atomic E-state index is 0.175. The Balaban J connectivity index is 2.43. The summed E-state index contributed by atoms with van der Waals surface area (Å²) in [5, 5.41) is 5.46. The van der Waals surface area contributed by atoms with Gasteiger partial charge in [0, 0.05) is 10.3 Å². The van der Waals surface area contributed by atoms with Crippen molar-refractivity contribution < 1.29 is 4.52 Å². The highest BCUT2D eigenvalue weighted by Crippen LogP contribution is 2.23. The summed E-state index contributed by atoms with van der Waals surface area (Å²) in [4.78, 5) is 5.11. The molecule has 0 amide bonds. The van der Waals surface area contributed by atoms with Crippen molar-refractivity contribution in [2.24, 2.45) is 0 Å². The minimum Gasteiger partial charge on any atom is -0.365 e. The molecule has 0 spiro atoms. The van der Waals surface area contributed by atoms with Gasteiger partial charge in [0.1, 0.15) is 0 Å². The number of nitrogen functional groups attached to an aromatic ring is 1. The van der Waals surface area contributed by atoms with E-state index in [0.29, 0.717) is 5.89 Å². The van der Waals surface area contributed by atoms with Crippen LogP contribution in [0.3, 0.4) is 0 Å². The maximum absolute atomic E-state index is 5.31. The van der Waals surface area contributed by atoms with Crippen molar-refractivity contribution in [2.45, 2.75) is 6.92 Å². The van der Waals surface area contributed by atoms with Crippen LogP contribution in [0.1, 0.15) is 4.88 Å². The molecular weight excluding hydrogens is 174 g/mol. The first kappa shape index (κ1) is 7.30. The van der Waals surface area contributed by atoms with Gasteiger partial charge in [-0.1, -0.05) is 0 Å². The standard InChI is InChI=1S/C7H7N3OS/c1-4-2-5(3-12-4)6-9-7(8)10-11-6/h2-3H,1H3,(H2,8,10). The average Bonchev–Trinajstić information content (AvgIpc) is 2.58. The lowest BCUT2D eigenvalue weighted by Gasteiger charge is -1.81. The van der Waals surface area contributed by atoms with Gasteiger partial charge in [-0.3, -0.25) is 0 Å². The van der Waals surface area contributed by atoms with Crippen molar-refractivity contribution >= 4 is 17.3 Å². The molecular formula is C7H7N3OS. The zero-order chi connectivity index (χ0) is 8.55. The van der Waals surface area contributed by atoms with Crippen LogP contribution in [0.5, 0.6) is 0 Å². The second-order valence-electron chi connectivity index (χ2n) is 2.40. The van der Waals surface area contributed by atoms with Crippen molar-refractivity contribution in [1.82, 2.24) is 10.1 Å². The molecule has 0 aliphatic heterocycles. The van der Waals surface area contributed by atoms with E-state index in [2.05, 4.69) is 10.1 Å². The smallest absolute Gasteiger partial charge is 0.261 e. The zero-order valence-electron chi connectivity index (χ0n) is 6.44. The molecule has 2 N–H and O–H groups in total. The van der Waals surface area contributed by atoms with Crippen molar-refractivity contribution in [1.29, 1.82) is 0 Å². The lowest BCUT2D eigenvalue weighted by Crippen LogP contribution is -1.84. The van der Waals surface area contributed by atoms with E-state index in [9.17, 15) is 0 Å². The number of rotatable bonds is 1. The molecule has 2 rings (SSSR count). The summed E-state index contributed by atoms with van der Waals surface area (Å²) in [6.45, 7) is 2.02. The molecule has 4 nitrogen and oxygen atoms in total. The van der Waals surface area contributed by atoms with E-state index in [0.717, 1.165) is 5.56 Å². The Morgan fingerprint density at radius 2 is 2.42 bits per heavy atom. The molecule has 0 saturated carbocycles. The van der Waals surface area contributed by atoms with E-state index in [4.69, 9.17) is 10.3 Å². The van der Waals surface area contributed by atoms with Gasteiger partial charge in [0.25, 0.3) is 11.8 Å². The van der Waals surface area contributed by atoms with Crippen molar-refractivity contribution in [3.63, 3.8) is 0 Å². The first-order valence-electron chi connectivity index (χ1n) is 3.40. The number of hydrogen-bond acceptors (Lipinski definition) is 5. The number of nitrogens with zero attached hydrogens (tertiary/aromatic N) is 2. The van der Waals surface area contributed by atoms with Crippen LogP contribution in [-0.4, -0.2) is 10.1 Å². The molecule has 0 aliphatic rings. The van der Waals surface area contributed by atoms with Crippen LogP contribution in [0.4, 0.5) is 5.95 Å². The summed E-state index contributed by atoms with van der Waals surface area (Å²) >= 11 is 1.64. The zero-order valence-corrected chi connectivity index (χ0v) is 7.26. The number of aromatic nitrogens is 2. The molecule has 0 bridgehead atoms. The van der Waals surface area contributed by atoms with Gasteiger partial charge in [0.05, 0.1) is 5.56 Å². The highest BCUT2D eigenvalue weighted by Gasteiger charge is 2.07. The molecule has 0 aliphatic carbocycles. The molecule has 0 aromatic carbocycles. The van der Waals surface area contributed by atoms with Gasteiger partial charge in [-0.2, -0.15) is 4.98 Å². The largest absolute Gasteiger partial charge is 0.365 e. The molecule has 5 heteroatoms. The lowest BCUT2D eigenvalue weighted by atomic mass is 10.3. The van der Waals surface area contributed by atoms with E-state index in [-0.39, 0.29) is 5.95 Å². The Bertz CT molecular complexity index is 355. The third-order valence-corrected chi connectivity index (χ3v) is 2.28. The Hall–Kier alpha value is -1.36. The third kappa shape index (κ3) is 1.18. The van der Waals surface area contributed by atoms with Crippen LogP contribution in [0.2, 0.25) is 0 Å². The molecule has 0 radical (unpaired) electrons. The summed E-state index contributed by atoms with van der Waals surface area (Å²) in [5.41, 5.74) is 6.24. The fraction of sp³-hybridized carbons (Fsp3) is 0.143. The van der Waals surface area contributed by atoms with Crippen LogP contribution < -0.4 is 5.73 Å². The highest BCUT2D eigenvalue weighted by molar-refractivity contribution is 7.10.